The summed E-state index contributed by atoms with van der Waals surface area (Å²) in [6.07, 6.45) is 2.08. The van der Waals surface area contributed by atoms with Gasteiger partial charge in [0.1, 0.15) is 11.9 Å². The van der Waals surface area contributed by atoms with Gasteiger partial charge in [-0.05, 0) is 44.4 Å². The van der Waals surface area contributed by atoms with E-state index in [4.69, 9.17) is 0 Å². The Kier molecular flexibility index (Phi) is 5.39. The Morgan fingerprint density at radius 1 is 1.29 bits per heavy atom. The minimum absolute atomic E-state index is 0.173. The molecule has 128 valence electrons. The minimum atomic E-state index is -1.02. The zero-order chi connectivity index (χ0) is 17.9. The van der Waals surface area contributed by atoms with E-state index in [0.29, 0.717) is 12.0 Å². The number of carbonyl (C=O) groups excluding carboxylic acids is 1. The second-order valence-corrected chi connectivity index (χ2v) is 6.30. The van der Waals surface area contributed by atoms with Crippen LogP contribution in [0.2, 0.25) is 0 Å². The summed E-state index contributed by atoms with van der Waals surface area (Å²) in [5.74, 6) is -0.496. The van der Waals surface area contributed by atoms with E-state index in [0.717, 1.165) is 17.2 Å². The number of pyridine rings is 1. The van der Waals surface area contributed by atoms with E-state index in [2.05, 4.69) is 10.3 Å². The average Bonchev–Trinajstić information content (AvgIpc) is 2.81. The lowest BCUT2D eigenvalue weighted by molar-refractivity contribution is -0.139. The third-order valence-corrected chi connectivity index (χ3v) is 3.86. The van der Waals surface area contributed by atoms with Crippen molar-refractivity contribution in [3.8, 4) is 5.82 Å². The molecule has 0 bridgehead atoms. The molecule has 0 aromatic carbocycles. The first-order valence-corrected chi connectivity index (χ1v) is 7.95. The Morgan fingerprint density at radius 3 is 2.54 bits per heavy atom. The van der Waals surface area contributed by atoms with Gasteiger partial charge < -0.3 is 15.0 Å². The van der Waals surface area contributed by atoms with Gasteiger partial charge in [-0.25, -0.2) is 9.78 Å². The number of aromatic nitrogens is 2. The highest BCUT2D eigenvalue weighted by atomic mass is 16.4. The SMILES string of the molecule is Cc1cc(C(=O)N[C@@H](CC(C)C)C(=O)O)c(C)n1-c1ccccn1. The molecule has 0 fully saturated rings. The number of carboxylic acids is 1. The fourth-order valence-corrected chi connectivity index (χ4v) is 2.76. The molecular formula is C18H23N3O3. The lowest BCUT2D eigenvalue weighted by Crippen LogP contribution is -2.41. The van der Waals surface area contributed by atoms with E-state index < -0.39 is 12.0 Å². The second-order valence-electron chi connectivity index (χ2n) is 6.30. The number of rotatable bonds is 6. The lowest BCUT2D eigenvalue weighted by atomic mass is 10.0. The first kappa shape index (κ1) is 17.7. The number of hydrogen-bond acceptors (Lipinski definition) is 3. The van der Waals surface area contributed by atoms with Crippen LogP contribution in [0.15, 0.2) is 30.5 Å². The number of amides is 1. The fourth-order valence-electron chi connectivity index (χ4n) is 2.76. The van der Waals surface area contributed by atoms with Crippen LogP contribution in [0.4, 0.5) is 0 Å². The molecule has 0 aliphatic rings. The van der Waals surface area contributed by atoms with Crippen molar-refractivity contribution in [1.82, 2.24) is 14.9 Å². The summed E-state index contributed by atoms with van der Waals surface area (Å²) in [4.78, 5) is 28.2. The monoisotopic (exact) mass is 329 g/mol. The molecule has 0 radical (unpaired) electrons. The third-order valence-electron chi connectivity index (χ3n) is 3.86. The molecule has 2 N–H and O–H groups in total. The molecular weight excluding hydrogens is 306 g/mol. The molecule has 2 rings (SSSR count). The quantitative estimate of drug-likeness (QED) is 0.853. The molecule has 1 amide bonds. The molecule has 0 aliphatic carbocycles. The predicted octanol–water partition coefficient (Wildman–Crippen LogP) is 2.72. The van der Waals surface area contributed by atoms with Gasteiger partial charge in [-0.1, -0.05) is 19.9 Å². The summed E-state index contributed by atoms with van der Waals surface area (Å²) in [5.41, 5.74) is 2.07. The molecule has 2 aromatic rings. The summed E-state index contributed by atoms with van der Waals surface area (Å²) in [7, 11) is 0. The minimum Gasteiger partial charge on any atom is -0.480 e. The molecule has 2 heterocycles. The third kappa shape index (κ3) is 3.82. The lowest BCUT2D eigenvalue weighted by Gasteiger charge is -2.16. The van der Waals surface area contributed by atoms with E-state index in [1.807, 2.05) is 50.5 Å². The van der Waals surface area contributed by atoms with Gasteiger partial charge in [-0.3, -0.25) is 4.79 Å². The predicted molar refractivity (Wildman–Crippen MR) is 91.4 cm³/mol. The highest BCUT2D eigenvalue weighted by Crippen LogP contribution is 2.19. The zero-order valence-corrected chi connectivity index (χ0v) is 14.4. The maximum Gasteiger partial charge on any atom is 0.326 e. The smallest absolute Gasteiger partial charge is 0.326 e. The average molecular weight is 329 g/mol. The zero-order valence-electron chi connectivity index (χ0n) is 14.4. The van der Waals surface area contributed by atoms with Crippen molar-refractivity contribution >= 4 is 11.9 Å². The normalized spacial score (nSPS) is 12.2. The Balaban J connectivity index is 2.29. The van der Waals surface area contributed by atoms with Gasteiger partial charge in [0.25, 0.3) is 5.91 Å². The number of hydrogen-bond donors (Lipinski definition) is 2. The van der Waals surface area contributed by atoms with Gasteiger partial charge in [0.2, 0.25) is 0 Å². The van der Waals surface area contributed by atoms with E-state index in [1.165, 1.54) is 0 Å². The van der Waals surface area contributed by atoms with Gasteiger partial charge >= 0.3 is 5.97 Å². The number of aryl methyl sites for hydroxylation is 1. The Labute approximate surface area is 141 Å². The number of carboxylic acid groups (broad SMARTS) is 1. The number of carbonyl (C=O) groups is 2. The van der Waals surface area contributed by atoms with Crippen LogP contribution < -0.4 is 5.32 Å². The van der Waals surface area contributed by atoms with Crippen LogP contribution >= 0.6 is 0 Å². The molecule has 0 spiro atoms. The van der Waals surface area contributed by atoms with Gasteiger partial charge in [0.15, 0.2) is 0 Å². The van der Waals surface area contributed by atoms with Crippen LogP contribution in [-0.4, -0.2) is 32.6 Å². The maximum atomic E-state index is 12.6. The van der Waals surface area contributed by atoms with E-state index in [-0.39, 0.29) is 11.8 Å². The van der Waals surface area contributed by atoms with Gasteiger partial charge in [-0.15, -0.1) is 0 Å². The summed E-state index contributed by atoms with van der Waals surface area (Å²) in [6.45, 7) is 7.57. The molecule has 24 heavy (non-hydrogen) atoms. The number of nitrogens with one attached hydrogen (secondary N) is 1. The van der Waals surface area contributed by atoms with Crippen molar-refractivity contribution in [2.75, 3.05) is 0 Å². The van der Waals surface area contributed by atoms with Crippen LogP contribution in [0.3, 0.4) is 0 Å². The summed E-state index contributed by atoms with van der Waals surface area (Å²) in [6, 6.07) is 6.43. The van der Waals surface area contributed by atoms with Crippen LogP contribution in [-0.2, 0) is 4.79 Å². The first-order chi connectivity index (χ1) is 11.3. The summed E-state index contributed by atoms with van der Waals surface area (Å²) < 4.78 is 1.88. The molecule has 6 heteroatoms. The summed E-state index contributed by atoms with van der Waals surface area (Å²) in [5, 5.41) is 11.9. The van der Waals surface area contributed by atoms with Crippen LogP contribution in [0, 0.1) is 19.8 Å². The molecule has 2 aromatic heterocycles. The largest absolute Gasteiger partial charge is 0.480 e. The van der Waals surface area contributed by atoms with Crippen molar-refractivity contribution in [3.05, 3.63) is 47.4 Å². The highest BCUT2D eigenvalue weighted by molar-refractivity contribution is 5.98. The van der Waals surface area contributed by atoms with Crippen molar-refractivity contribution in [2.45, 2.75) is 40.2 Å². The number of nitrogens with zero attached hydrogens (tertiary/aromatic N) is 2. The highest BCUT2D eigenvalue weighted by Gasteiger charge is 2.24. The summed E-state index contributed by atoms with van der Waals surface area (Å²) >= 11 is 0. The first-order valence-electron chi connectivity index (χ1n) is 7.95. The molecule has 0 unspecified atom stereocenters. The van der Waals surface area contributed by atoms with E-state index in [1.54, 1.807) is 12.3 Å². The molecule has 0 aliphatic heterocycles. The topological polar surface area (TPSA) is 84.2 Å². The van der Waals surface area contributed by atoms with Gasteiger partial charge in [0, 0.05) is 17.6 Å². The van der Waals surface area contributed by atoms with Crippen molar-refractivity contribution < 1.29 is 14.7 Å². The number of aliphatic carboxylic acids is 1. The van der Waals surface area contributed by atoms with Crippen LogP contribution in [0.5, 0.6) is 0 Å². The fraction of sp³-hybridized carbons (Fsp3) is 0.389. The van der Waals surface area contributed by atoms with Gasteiger partial charge in [0.05, 0.1) is 5.56 Å². The van der Waals surface area contributed by atoms with Crippen molar-refractivity contribution in [3.63, 3.8) is 0 Å². The molecule has 6 nitrogen and oxygen atoms in total. The van der Waals surface area contributed by atoms with Crippen molar-refractivity contribution in [1.29, 1.82) is 0 Å². The van der Waals surface area contributed by atoms with E-state index >= 15 is 0 Å². The molecule has 0 saturated carbocycles. The van der Waals surface area contributed by atoms with E-state index in [9.17, 15) is 14.7 Å². The van der Waals surface area contributed by atoms with Crippen LogP contribution in [0.25, 0.3) is 5.82 Å². The molecule has 1 atom stereocenters. The Bertz CT molecular complexity index is 735. The standard InChI is InChI=1S/C18H23N3O3/c1-11(2)9-15(18(23)24)20-17(22)14-10-12(3)21(13(14)4)16-7-5-6-8-19-16/h5-8,10-11,15H,9H2,1-4H3,(H,20,22)(H,23,24)/t15-/m0/s1. The molecule has 0 saturated heterocycles. The van der Waals surface area contributed by atoms with Crippen LogP contribution in [0.1, 0.15) is 42.0 Å². The van der Waals surface area contributed by atoms with Crippen molar-refractivity contribution in [2.24, 2.45) is 5.92 Å². The Hall–Kier alpha value is -2.63. The Morgan fingerprint density at radius 2 is 2.00 bits per heavy atom. The van der Waals surface area contributed by atoms with Gasteiger partial charge in [-0.2, -0.15) is 0 Å². The maximum absolute atomic E-state index is 12.6. The second kappa shape index (κ2) is 7.29.